The summed E-state index contributed by atoms with van der Waals surface area (Å²) in [6, 6.07) is 9.22. The minimum Gasteiger partial charge on any atom is -0.478 e. The lowest BCUT2D eigenvalue weighted by atomic mass is 10.0. The van der Waals surface area contributed by atoms with Crippen molar-refractivity contribution in [3.8, 4) is 0 Å². The van der Waals surface area contributed by atoms with Gasteiger partial charge in [0, 0.05) is 0 Å². The Hall–Kier alpha value is -2.70. The van der Waals surface area contributed by atoms with E-state index in [2.05, 4.69) is 0 Å². The minimum absolute atomic E-state index is 0.0144. The van der Waals surface area contributed by atoms with Crippen LogP contribution in [0.15, 0.2) is 48.6 Å². The van der Waals surface area contributed by atoms with Crippen molar-refractivity contribution < 1.29 is 30.0 Å². The summed E-state index contributed by atoms with van der Waals surface area (Å²) >= 11 is 0. The Morgan fingerprint density at radius 3 is 1.50 bits per heavy atom. The molecule has 2 aromatic carbocycles. The zero-order valence-electron chi connectivity index (χ0n) is 11.6. The maximum Gasteiger partial charge on any atom is 0.335 e. The van der Waals surface area contributed by atoms with Crippen molar-refractivity contribution in [1.29, 1.82) is 0 Å². The van der Waals surface area contributed by atoms with Crippen LogP contribution in [0.2, 0.25) is 0 Å². The molecule has 6 heteroatoms. The van der Waals surface area contributed by atoms with Gasteiger partial charge in [0.2, 0.25) is 0 Å². The van der Waals surface area contributed by atoms with E-state index in [4.69, 9.17) is 20.4 Å². The normalized spacial score (nSPS) is 10.3. The molecule has 4 N–H and O–H groups in total. The fourth-order valence-electron chi connectivity index (χ4n) is 1.66. The van der Waals surface area contributed by atoms with Gasteiger partial charge in [-0.15, -0.1) is 0 Å². The quantitative estimate of drug-likeness (QED) is 0.640. The van der Waals surface area contributed by atoms with E-state index in [0.717, 1.165) is 5.39 Å². The summed E-state index contributed by atoms with van der Waals surface area (Å²) < 4.78 is 0. The monoisotopic (exact) mass is 304 g/mol. The second-order valence-corrected chi connectivity index (χ2v) is 4.22. The van der Waals surface area contributed by atoms with Crippen LogP contribution in [0, 0.1) is 0 Å². The molecular formula is C16H16O6. The van der Waals surface area contributed by atoms with E-state index >= 15 is 0 Å². The Balaban J connectivity index is 0.000000346. The average Bonchev–Trinajstić information content (AvgIpc) is 2.52. The fourth-order valence-corrected chi connectivity index (χ4v) is 1.66. The standard InChI is InChI=1S/C12H8O4.C4H8O2/c13-11(14)8-3-1-7-2-4-9(12(15)16)6-10(7)5-8;5-3-1-2-4-6/h1-6H,(H,13,14)(H,15,16);1-2,5-6H,3-4H2. The number of aromatic carboxylic acids is 2. The van der Waals surface area contributed by atoms with Crippen LogP contribution in [0.3, 0.4) is 0 Å². The molecule has 0 fully saturated rings. The second kappa shape index (κ2) is 8.56. The van der Waals surface area contributed by atoms with Gasteiger partial charge in [0.05, 0.1) is 24.3 Å². The van der Waals surface area contributed by atoms with Crippen molar-refractivity contribution >= 4 is 22.7 Å². The highest BCUT2D eigenvalue weighted by Gasteiger charge is 2.06. The largest absolute Gasteiger partial charge is 0.478 e. The number of rotatable bonds is 4. The first-order valence-electron chi connectivity index (χ1n) is 6.36. The van der Waals surface area contributed by atoms with Gasteiger partial charge in [0.1, 0.15) is 0 Å². The SMILES string of the molecule is O=C(O)c1ccc2ccc(C(=O)O)cc2c1.OCC=CCO. The summed E-state index contributed by atoms with van der Waals surface area (Å²) in [4.78, 5) is 21.5. The van der Waals surface area contributed by atoms with Crippen LogP contribution >= 0.6 is 0 Å². The van der Waals surface area contributed by atoms with Gasteiger partial charge < -0.3 is 20.4 Å². The smallest absolute Gasteiger partial charge is 0.335 e. The van der Waals surface area contributed by atoms with E-state index in [9.17, 15) is 9.59 Å². The van der Waals surface area contributed by atoms with E-state index in [1.54, 1.807) is 12.1 Å². The third-order valence-electron chi connectivity index (χ3n) is 2.71. The number of carboxylic acids is 2. The molecule has 0 saturated heterocycles. The Labute approximate surface area is 126 Å². The van der Waals surface area contributed by atoms with Gasteiger partial charge in [-0.2, -0.15) is 0 Å². The van der Waals surface area contributed by atoms with Crippen LogP contribution in [-0.4, -0.2) is 45.6 Å². The Bertz CT molecular complexity index is 635. The van der Waals surface area contributed by atoms with E-state index in [-0.39, 0.29) is 24.3 Å². The van der Waals surface area contributed by atoms with Crippen molar-refractivity contribution in [2.24, 2.45) is 0 Å². The van der Waals surface area contributed by atoms with Gasteiger partial charge in [0.15, 0.2) is 0 Å². The molecule has 0 aliphatic heterocycles. The average molecular weight is 304 g/mol. The Morgan fingerprint density at radius 2 is 1.18 bits per heavy atom. The van der Waals surface area contributed by atoms with Crippen LogP contribution in [0.4, 0.5) is 0 Å². The first kappa shape index (κ1) is 17.4. The molecule has 0 aromatic heterocycles. The van der Waals surface area contributed by atoms with Crippen LogP contribution < -0.4 is 0 Å². The molecule has 0 heterocycles. The van der Waals surface area contributed by atoms with E-state index in [1.165, 1.54) is 36.4 Å². The molecule has 0 spiro atoms. The molecule has 0 radical (unpaired) electrons. The number of carboxylic acid groups (broad SMARTS) is 2. The van der Waals surface area contributed by atoms with E-state index in [0.29, 0.717) is 5.39 Å². The molecule has 116 valence electrons. The molecule has 22 heavy (non-hydrogen) atoms. The highest BCUT2D eigenvalue weighted by atomic mass is 16.4. The van der Waals surface area contributed by atoms with E-state index < -0.39 is 11.9 Å². The summed E-state index contributed by atoms with van der Waals surface area (Å²) in [5, 5.41) is 35.0. The number of aliphatic hydroxyl groups is 2. The lowest BCUT2D eigenvalue weighted by molar-refractivity contribution is 0.0687. The van der Waals surface area contributed by atoms with Crippen LogP contribution in [0.5, 0.6) is 0 Å². The highest BCUT2D eigenvalue weighted by molar-refractivity contribution is 5.98. The second-order valence-electron chi connectivity index (χ2n) is 4.22. The van der Waals surface area contributed by atoms with Gasteiger partial charge >= 0.3 is 11.9 Å². The molecule has 0 amide bonds. The first-order chi connectivity index (χ1) is 10.5. The van der Waals surface area contributed by atoms with Crippen molar-refractivity contribution in [2.75, 3.05) is 13.2 Å². The summed E-state index contributed by atoms with van der Waals surface area (Å²) in [6.07, 6.45) is 2.97. The fraction of sp³-hybridized carbons (Fsp3) is 0.125. The molecule has 0 aliphatic rings. The lowest BCUT2D eigenvalue weighted by Crippen LogP contribution is -1.97. The molecule has 2 aromatic rings. The topological polar surface area (TPSA) is 115 Å². The molecular weight excluding hydrogens is 288 g/mol. The predicted molar refractivity (Wildman–Crippen MR) is 81.2 cm³/mol. The van der Waals surface area contributed by atoms with Gasteiger partial charge in [-0.25, -0.2) is 9.59 Å². The molecule has 0 unspecified atom stereocenters. The lowest BCUT2D eigenvalue weighted by Gasteiger charge is -2.01. The van der Waals surface area contributed by atoms with Gasteiger partial charge in [-0.3, -0.25) is 0 Å². The van der Waals surface area contributed by atoms with Crippen molar-refractivity contribution in [1.82, 2.24) is 0 Å². The van der Waals surface area contributed by atoms with Gasteiger partial charge in [-0.1, -0.05) is 24.3 Å². The Kier molecular flexibility index (Phi) is 6.75. The number of aliphatic hydroxyl groups excluding tert-OH is 2. The molecule has 0 aliphatic carbocycles. The van der Waals surface area contributed by atoms with E-state index in [1.807, 2.05) is 0 Å². The third kappa shape index (κ3) is 5.01. The molecule has 6 nitrogen and oxygen atoms in total. The maximum atomic E-state index is 10.7. The summed E-state index contributed by atoms with van der Waals surface area (Å²) in [5.41, 5.74) is 0.296. The summed E-state index contributed by atoms with van der Waals surface area (Å²) in [7, 11) is 0. The van der Waals surface area contributed by atoms with Crippen molar-refractivity contribution in [3.63, 3.8) is 0 Å². The zero-order valence-corrected chi connectivity index (χ0v) is 11.6. The summed E-state index contributed by atoms with van der Waals surface area (Å²) in [6.45, 7) is 0.0289. The molecule has 0 atom stereocenters. The van der Waals surface area contributed by atoms with Gasteiger partial charge in [-0.05, 0) is 35.0 Å². The Morgan fingerprint density at radius 1 is 0.773 bits per heavy atom. The predicted octanol–water partition coefficient (Wildman–Crippen LogP) is 1.76. The van der Waals surface area contributed by atoms with Crippen LogP contribution in [0.1, 0.15) is 20.7 Å². The van der Waals surface area contributed by atoms with Crippen LogP contribution in [-0.2, 0) is 0 Å². The van der Waals surface area contributed by atoms with Gasteiger partial charge in [0.25, 0.3) is 0 Å². The first-order valence-corrected chi connectivity index (χ1v) is 6.36. The minimum atomic E-state index is -1.03. The van der Waals surface area contributed by atoms with Crippen molar-refractivity contribution in [2.45, 2.75) is 0 Å². The number of hydrogen-bond donors (Lipinski definition) is 4. The van der Waals surface area contributed by atoms with Crippen LogP contribution in [0.25, 0.3) is 10.8 Å². The summed E-state index contributed by atoms with van der Waals surface area (Å²) in [5.74, 6) is -2.05. The third-order valence-corrected chi connectivity index (χ3v) is 2.71. The number of fused-ring (bicyclic) bond motifs is 1. The maximum absolute atomic E-state index is 10.7. The number of carbonyl (C=O) groups is 2. The molecule has 2 rings (SSSR count). The molecule has 0 bridgehead atoms. The number of benzene rings is 2. The van der Waals surface area contributed by atoms with Crippen molar-refractivity contribution in [3.05, 3.63) is 59.7 Å². The highest BCUT2D eigenvalue weighted by Crippen LogP contribution is 2.18. The number of hydrogen-bond acceptors (Lipinski definition) is 4. The zero-order chi connectivity index (χ0) is 16.5. The molecule has 0 saturated carbocycles.